The molecule has 0 saturated carbocycles. The van der Waals surface area contributed by atoms with Crippen LogP contribution in [-0.4, -0.2) is 10.2 Å². The molecule has 0 bridgehead atoms. The molecule has 2 N–H and O–H groups in total. The third-order valence-electron chi connectivity index (χ3n) is 3.78. The van der Waals surface area contributed by atoms with Gasteiger partial charge in [0, 0.05) is 5.92 Å². The molecule has 0 spiro atoms. The SMILES string of the molecule is O=Nc1ccc(C(c2ccc(O)cc2)c2ccc(O)cc2)cc1. The third kappa shape index (κ3) is 3.21. The van der Waals surface area contributed by atoms with Crippen LogP contribution in [0.25, 0.3) is 0 Å². The molecule has 0 saturated heterocycles. The molecule has 4 nitrogen and oxygen atoms in total. The zero-order valence-corrected chi connectivity index (χ0v) is 12.3. The normalized spacial score (nSPS) is 10.7. The molecule has 23 heavy (non-hydrogen) atoms. The van der Waals surface area contributed by atoms with Crippen LogP contribution >= 0.6 is 0 Å². The van der Waals surface area contributed by atoms with E-state index in [0.717, 1.165) is 16.7 Å². The number of nitroso groups, excluding NO2 is 1. The Morgan fingerprint density at radius 1 is 0.609 bits per heavy atom. The van der Waals surface area contributed by atoms with E-state index in [-0.39, 0.29) is 17.4 Å². The zero-order chi connectivity index (χ0) is 16.2. The number of phenolic OH excluding ortho intramolecular Hbond substituents is 2. The Morgan fingerprint density at radius 3 is 1.30 bits per heavy atom. The Kier molecular flexibility index (Phi) is 4.06. The molecule has 3 rings (SSSR count). The number of hydrogen-bond donors (Lipinski definition) is 2. The molecule has 0 aliphatic rings. The van der Waals surface area contributed by atoms with Crippen LogP contribution in [0.4, 0.5) is 5.69 Å². The van der Waals surface area contributed by atoms with Gasteiger partial charge in [-0.1, -0.05) is 36.4 Å². The van der Waals surface area contributed by atoms with E-state index < -0.39 is 0 Å². The van der Waals surface area contributed by atoms with Crippen molar-refractivity contribution < 1.29 is 10.2 Å². The molecule has 0 amide bonds. The van der Waals surface area contributed by atoms with Gasteiger partial charge in [-0.05, 0) is 58.3 Å². The summed E-state index contributed by atoms with van der Waals surface area (Å²) < 4.78 is 0. The number of rotatable bonds is 4. The monoisotopic (exact) mass is 305 g/mol. The van der Waals surface area contributed by atoms with Gasteiger partial charge in [0.1, 0.15) is 17.2 Å². The van der Waals surface area contributed by atoms with Gasteiger partial charge < -0.3 is 10.2 Å². The summed E-state index contributed by atoms with van der Waals surface area (Å²) >= 11 is 0. The number of nitrogens with zero attached hydrogens (tertiary/aromatic N) is 1. The number of phenols is 2. The highest BCUT2D eigenvalue weighted by atomic mass is 16.3. The van der Waals surface area contributed by atoms with Gasteiger partial charge in [0.25, 0.3) is 0 Å². The fraction of sp³-hybridized carbons (Fsp3) is 0.0526. The summed E-state index contributed by atoms with van der Waals surface area (Å²) in [6, 6.07) is 21.1. The second-order valence-electron chi connectivity index (χ2n) is 5.30. The van der Waals surface area contributed by atoms with Crippen molar-refractivity contribution in [3.63, 3.8) is 0 Å². The first kappa shape index (κ1) is 14.8. The van der Waals surface area contributed by atoms with Gasteiger partial charge in [-0.15, -0.1) is 4.91 Å². The van der Waals surface area contributed by atoms with Crippen molar-refractivity contribution in [3.8, 4) is 11.5 Å². The lowest BCUT2D eigenvalue weighted by Crippen LogP contribution is -2.03. The van der Waals surface area contributed by atoms with E-state index in [1.54, 1.807) is 36.4 Å². The minimum Gasteiger partial charge on any atom is -0.508 e. The molecular weight excluding hydrogens is 290 g/mol. The van der Waals surface area contributed by atoms with E-state index in [9.17, 15) is 15.1 Å². The molecule has 4 heteroatoms. The fourth-order valence-electron chi connectivity index (χ4n) is 2.64. The molecular formula is C19H15NO3. The first-order valence-corrected chi connectivity index (χ1v) is 7.18. The van der Waals surface area contributed by atoms with E-state index >= 15 is 0 Å². The van der Waals surface area contributed by atoms with Crippen LogP contribution in [0.3, 0.4) is 0 Å². The van der Waals surface area contributed by atoms with Crippen LogP contribution in [0.15, 0.2) is 78.0 Å². The van der Waals surface area contributed by atoms with Crippen molar-refractivity contribution in [2.75, 3.05) is 0 Å². The molecule has 0 heterocycles. The Labute approximate surface area is 133 Å². The summed E-state index contributed by atoms with van der Waals surface area (Å²) in [6.07, 6.45) is 0. The van der Waals surface area contributed by atoms with Crippen molar-refractivity contribution in [2.45, 2.75) is 5.92 Å². The molecule has 3 aromatic rings. The first-order valence-electron chi connectivity index (χ1n) is 7.18. The summed E-state index contributed by atoms with van der Waals surface area (Å²) in [4.78, 5) is 10.6. The summed E-state index contributed by atoms with van der Waals surface area (Å²) in [5.41, 5.74) is 3.37. The second-order valence-corrected chi connectivity index (χ2v) is 5.30. The zero-order valence-electron chi connectivity index (χ0n) is 12.3. The average molecular weight is 305 g/mol. The Balaban J connectivity index is 2.10. The molecule has 114 valence electrons. The molecule has 0 aliphatic carbocycles. The molecule has 0 unspecified atom stereocenters. The fourth-order valence-corrected chi connectivity index (χ4v) is 2.64. The molecule has 0 aromatic heterocycles. The summed E-state index contributed by atoms with van der Waals surface area (Å²) in [6.45, 7) is 0. The highest BCUT2D eigenvalue weighted by molar-refractivity contribution is 5.48. The van der Waals surface area contributed by atoms with Crippen molar-refractivity contribution in [2.24, 2.45) is 5.18 Å². The standard InChI is InChI=1S/C19H15NO3/c21-17-9-3-14(4-10-17)19(15-5-11-18(22)12-6-15)13-1-7-16(20-23)8-2-13/h1-12,19,21-22H. The number of benzene rings is 3. The van der Waals surface area contributed by atoms with E-state index in [2.05, 4.69) is 5.18 Å². The Hall–Kier alpha value is -3.14. The number of aromatic hydroxyl groups is 2. The molecule has 3 aromatic carbocycles. The largest absolute Gasteiger partial charge is 0.508 e. The highest BCUT2D eigenvalue weighted by Crippen LogP contribution is 2.34. The highest BCUT2D eigenvalue weighted by Gasteiger charge is 2.17. The second kappa shape index (κ2) is 6.32. The van der Waals surface area contributed by atoms with Crippen LogP contribution in [-0.2, 0) is 0 Å². The van der Waals surface area contributed by atoms with Gasteiger partial charge in [-0.2, -0.15) is 0 Å². The molecule has 0 fully saturated rings. The lowest BCUT2D eigenvalue weighted by atomic mass is 9.85. The quantitative estimate of drug-likeness (QED) is 0.543. The van der Waals surface area contributed by atoms with Crippen LogP contribution in [0.1, 0.15) is 22.6 Å². The smallest absolute Gasteiger partial charge is 0.115 e. The Morgan fingerprint density at radius 2 is 0.957 bits per heavy atom. The minimum atomic E-state index is -0.0723. The van der Waals surface area contributed by atoms with Gasteiger partial charge in [0.2, 0.25) is 0 Å². The topological polar surface area (TPSA) is 69.9 Å². The summed E-state index contributed by atoms with van der Waals surface area (Å²) in [5, 5.41) is 21.9. The van der Waals surface area contributed by atoms with Gasteiger partial charge >= 0.3 is 0 Å². The molecule has 0 atom stereocenters. The number of hydrogen-bond acceptors (Lipinski definition) is 4. The van der Waals surface area contributed by atoms with Gasteiger partial charge in [-0.25, -0.2) is 0 Å². The van der Waals surface area contributed by atoms with Crippen LogP contribution < -0.4 is 0 Å². The minimum absolute atomic E-state index is 0.0723. The van der Waals surface area contributed by atoms with Crippen LogP contribution in [0, 0.1) is 4.91 Å². The van der Waals surface area contributed by atoms with Crippen molar-refractivity contribution in [1.82, 2.24) is 0 Å². The Bertz CT molecular complexity index is 748. The van der Waals surface area contributed by atoms with E-state index in [1.807, 2.05) is 36.4 Å². The van der Waals surface area contributed by atoms with E-state index in [0.29, 0.717) is 5.69 Å². The average Bonchev–Trinajstić information content (AvgIpc) is 2.59. The third-order valence-corrected chi connectivity index (χ3v) is 3.78. The van der Waals surface area contributed by atoms with Crippen LogP contribution in [0.2, 0.25) is 0 Å². The first-order chi connectivity index (χ1) is 11.2. The van der Waals surface area contributed by atoms with Gasteiger partial charge in [0.15, 0.2) is 0 Å². The predicted octanol–water partition coefficient (Wildman–Crippen LogP) is 4.68. The predicted molar refractivity (Wildman–Crippen MR) is 89.1 cm³/mol. The summed E-state index contributed by atoms with van der Waals surface area (Å²) in [5.74, 6) is 0.342. The van der Waals surface area contributed by atoms with Crippen molar-refractivity contribution in [3.05, 3.63) is 94.4 Å². The maximum atomic E-state index is 10.6. The van der Waals surface area contributed by atoms with Gasteiger partial charge in [-0.3, -0.25) is 0 Å². The van der Waals surface area contributed by atoms with E-state index in [4.69, 9.17) is 0 Å². The molecule has 0 aliphatic heterocycles. The van der Waals surface area contributed by atoms with Gasteiger partial charge in [0.05, 0.1) is 0 Å². The molecule has 0 radical (unpaired) electrons. The van der Waals surface area contributed by atoms with Crippen molar-refractivity contribution in [1.29, 1.82) is 0 Å². The lowest BCUT2D eigenvalue weighted by Gasteiger charge is -2.19. The maximum Gasteiger partial charge on any atom is 0.115 e. The lowest BCUT2D eigenvalue weighted by molar-refractivity contribution is 0.475. The van der Waals surface area contributed by atoms with Crippen LogP contribution in [0.5, 0.6) is 11.5 Å². The van der Waals surface area contributed by atoms with Crippen molar-refractivity contribution >= 4 is 5.69 Å². The maximum absolute atomic E-state index is 10.6. The van der Waals surface area contributed by atoms with E-state index in [1.165, 1.54) is 0 Å². The summed E-state index contributed by atoms with van der Waals surface area (Å²) in [7, 11) is 0.